The van der Waals surface area contributed by atoms with Gasteiger partial charge in [-0.25, -0.2) is 9.59 Å². The molecule has 0 bridgehead atoms. The Morgan fingerprint density at radius 3 is 1.94 bits per heavy atom. The van der Waals surface area contributed by atoms with Crippen LogP contribution in [0.2, 0.25) is 0 Å². The van der Waals surface area contributed by atoms with Crippen LogP contribution in [0.5, 0.6) is 0 Å². The number of nitrogens with one attached hydrogen (secondary N) is 1. The summed E-state index contributed by atoms with van der Waals surface area (Å²) < 4.78 is 11.0. The van der Waals surface area contributed by atoms with E-state index in [0.717, 1.165) is 11.1 Å². The van der Waals surface area contributed by atoms with Crippen LogP contribution in [0.4, 0.5) is 4.79 Å². The van der Waals surface area contributed by atoms with Gasteiger partial charge in [-0.2, -0.15) is 0 Å². The number of esters is 1. The largest absolute Gasteiger partial charge is 0.458 e. The van der Waals surface area contributed by atoms with E-state index >= 15 is 0 Å². The molecule has 2 aromatic rings. The molecule has 0 aliphatic rings. The van der Waals surface area contributed by atoms with Gasteiger partial charge >= 0.3 is 12.1 Å². The second-order valence-electron chi connectivity index (χ2n) is 9.01. The fourth-order valence-electron chi connectivity index (χ4n) is 3.26. The van der Waals surface area contributed by atoms with Crippen LogP contribution < -0.4 is 5.32 Å². The Balaban J connectivity index is 2.36. The highest BCUT2D eigenvalue weighted by Gasteiger charge is 2.50. The molecule has 0 radical (unpaired) electrons. The summed E-state index contributed by atoms with van der Waals surface area (Å²) in [5.41, 5.74) is -0.925. The van der Waals surface area contributed by atoms with E-state index < -0.39 is 29.3 Å². The number of ether oxygens (including phenoxy) is 2. The van der Waals surface area contributed by atoms with Gasteiger partial charge in [0.05, 0.1) is 6.10 Å². The van der Waals surface area contributed by atoms with E-state index in [-0.39, 0.29) is 18.9 Å². The van der Waals surface area contributed by atoms with E-state index in [1.165, 1.54) is 0 Å². The number of hydrogen-bond acceptors (Lipinski definition) is 5. The predicted molar refractivity (Wildman–Crippen MR) is 119 cm³/mol. The minimum atomic E-state index is -1.71. The van der Waals surface area contributed by atoms with E-state index in [2.05, 4.69) is 5.32 Å². The molecule has 2 atom stereocenters. The third-order valence-electron chi connectivity index (χ3n) is 4.76. The van der Waals surface area contributed by atoms with Crippen molar-refractivity contribution in [1.29, 1.82) is 0 Å². The molecular weight excluding hydrogens is 394 g/mol. The topological polar surface area (TPSA) is 84.9 Å². The van der Waals surface area contributed by atoms with Crippen molar-refractivity contribution in [1.82, 2.24) is 5.32 Å². The first kappa shape index (κ1) is 24.4. The van der Waals surface area contributed by atoms with Gasteiger partial charge in [0.15, 0.2) is 5.54 Å². The van der Waals surface area contributed by atoms with Crippen molar-refractivity contribution in [3.8, 4) is 0 Å². The number of carbonyl (C=O) groups excluding carboxylic acids is 2. The molecule has 6 heteroatoms. The lowest BCUT2D eigenvalue weighted by atomic mass is 9.80. The Labute approximate surface area is 184 Å². The quantitative estimate of drug-likeness (QED) is 0.615. The molecular formula is C25H33NO5. The van der Waals surface area contributed by atoms with Gasteiger partial charge in [0, 0.05) is 6.42 Å². The molecule has 1 amide bonds. The zero-order valence-electron chi connectivity index (χ0n) is 18.9. The van der Waals surface area contributed by atoms with Crippen molar-refractivity contribution >= 4 is 12.1 Å². The predicted octanol–water partition coefficient (Wildman–Crippen LogP) is 4.25. The van der Waals surface area contributed by atoms with E-state index in [4.69, 9.17) is 9.47 Å². The Hall–Kier alpha value is -2.86. The number of carbonyl (C=O) groups is 2. The van der Waals surface area contributed by atoms with E-state index in [9.17, 15) is 14.7 Å². The summed E-state index contributed by atoms with van der Waals surface area (Å²) in [6, 6.07) is 18.4. The van der Waals surface area contributed by atoms with Crippen molar-refractivity contribution in [3.63, 3.8) is 0 Å². The Morgan fingerprint density at radius 2 is 1.45 bits per heavy atom. The molecule has 0 spiro atoms. The highest BCUT2D eigenvalue weighted by Crippen LogP contribution is 2.27. The lowest BCUT2D eigenvalue weighted by Gasteiger charge is -2.39. The summed E-state index contributed by atoms with van der Waals surface area (Å²) in [7, 11) is 0. The lowest BCUT2D eigenvalue weighted by Crippen LogP contribution is -2.66. The second-order valence-corrected chi connectivity index (χ2v) is 9.01. The second kappa shape index (κ2) is 10.4. The third kappa shape index (κ3) is 7.10. The minimum absolute atomic E-state index is 0.0418. The number of hydrogen-bond donors (Lipinski definition) is 2. The molecule has 0 aliphatic carbocycles. The fourth-order valence-corrected chi connectivity index (χ4v) is 3.26. The molecule has 0 aliphatic heterocycles. The maximum Gasteiger partial charge on any atom is 0.408 e. The van der Waals surface area contributed by atoms with Gasteiger partial charge < -0.3 is 19.9 Å². The molecule has 0 saturated heterocycles. The van der Waals surface area contributed by atoms with Crippen molar-refractivity contribution < 1.29 is 24.2 Å². The van der Waals surface area contributed by atoms with Crippen LogP contribution in [0.1, 0.15) is 45.7 Å². The summed E-state index contributed by atoms with van der Waals surface area (Å²) in [5.74, 6) is -1.03. The van der Waals surface area contributed by atoms with Crippen LogP contribution in [-0.2, 0) is 27.3 Å². The summed E-state index contributed by atoms with van der Waals surface area (Å²) in [5, 5.41) is 13.8. The van der Waals surface area contributed by atoms with Gasteiger partial charge in [0.2, 0.25) is 0 Å². The Bertz CT molecular complexity index is 845. The monoisotopic (exact) mass is 427 g/mol. The van der Waals surface area contributed by atoms with Crippen LogP contribution >= 0.6 is 0 Å². The number of rotatable bonds is 8. The minimum Gasteiger partial charge on any atom is -0.458 e. The highest BCUT2D eigenvalue weighted by atomic mass is 16.6. The maximum atomic E-state index is 13.4. The van der Waals surface area contributed by atoms with Gasteiger partial charge in [-0.15, -0.1) is 0 Å². The normalized spacial score (nSPS) is 14.4. The maximum absolute atomic E-state index is 13.4. The SMILES string of the molecule is CC(C)[C@H](O)[C@](Cc1ccccc1)(NC(=O)OCc1ccccc1)C(=O)OC(C)(C)C. The summed E-state index contributed by atoms with van der Waals surface area (Å²) in [6.07, 6.45) is -1.94. The summed E-state index contributed by atoms with van der Waals surface area (Å²) in [6.45, 7) is 8.84. The molecule has 2 rings (SSSR count). The average Bonchev–Trinajstić information content (AvgIpc) is 2.71. The molecule has 0 saturated carbocycles. The molecule has 2 N–H and O–H groups in total. The first-order chi connectivity index (χ1) is 14.5. The van der Waals surface area contributed by atoms with Crippen molar-refractivity contribution in [2.75, 3.05) is 0 Å². The summed E-state index contributed by atoms with van der Waals surface area (Å²) in [4.78, 5) is 26.2. The zero-order valence-corrected chi connectivity index (χ0v) is 18.9. The molecule has 6 nitrogen and oxygen atoms in total. The number of benzene rings is 2. The number of aliphatic hydroxyl groups is 1. The van der Waals surface area contributed by atoms with Gasteiger partial charge in [-0.1, -0.05) is 74.5 Å². The van der Waals surface area contributed by atoms with Crippen LogP contribution in [0.25, 0.3) is 0 Å². The van der Waals surface area contributed by atoms with E-state index in [0.29, 0.717) is 0 Å². The van der Waals surface area contributed by atoms with Gasteiger partial charge in [0.1, 0.15) is 12.2 Å². The zero-order chi connectivity index (χ0) is 23.1. The Morgan fingerprint density at radius 1 is 0.935 bits per heavy atom. The van der Waals surface area contributed by atoms with Gasteiger partial charge in [-0.05, 0) is 37.8 Å². The van der Waals surface area contributed by atoms with Gasteiger partial charge in [-0.3, -0.25) is 0 Å². The smallest absolute Gasteiger partial charge is 0.408 e. The Kier molecular flexibility index (Phi) is 8.22. The van der Waals surface area contributed by atoms with Crippen LogP contribution in [0.3, 0.4) is 0 Å². The fraction of sp³-hybridized carbons (Fsp3) is 0.440. The van der Waals surface area contributed by atoms with Crippen LogP contribution in [0.15, 0.2) is 60.7 Å². The first-order valence-electron chi connectivity index (χ1n) is 10.5. The van der Waals surface area contributed by atoms with Crippen molar-refractivity contribution in [2.45, 2.75) is 64.9 Å². The summed E-state index contributed by atoms with van der Waals surface area (Å²) >= 11 is 0. The van der Waals surface area contributed by atoms with E-state index in [1.54, 1.807) is 34.6 Å². The third-order valence-corrected chi connectivity index (χ3v) is 4.76. The molecule has 31 heavy (non-hydrogen) atoms. The number of amides is 1. The van der Waals surface area contributed by atoms with Crippen molar-refractivity contribution in [3.05, 3.63) is 71.8 Å². The average molecular weight is 428 g/mol. The highest BCUT2D eigenvalue weighted by molar-refractivity contribution is 5.87. The molecule has 2 aromatic carbocycles. The van der Waals surface area contributed by atoms with Gasteiger partial charge in [0.25, 0.3) is 0 Å². The molecule has 0 unspecified atom stereocenters. The molecule has 0 fully saturated rings. The molecule has 0 aromatic heterocycles. The lowest BCUT2D eigenvalue weighted by molar-refractivity contribution is -0.170. The van der Waals surface area contributed by atoms with Crippen LogP contribution in [-0.4, -0.2) is 34.4 Å². The number of aliphatic hydroxyl groups excluding tert-OH is 1. The first-order valence-corrected chi connectivity index (χ1v) is 10.5. The number of alkyl carbamates (subject to hydrolysis) is 1. The van der Waals surface area contributed by atoms with Crippen LogP contribution in [0, 0.1) is 5.92 Å². The molecule has 168 valence electrons. The molecule has 0 heterocycles. The van der Waals surface area contributed by atoms with E-state index in [1.807, 2.05) is 60.7 Å². The van der Waals surface area contributed by atoms with Crippen molar-refractivity contribution in [2.24, 2.45) is 5.92 Å². The standard InChI is InChI=1S/C25H33NO5/c1-18(2)21(27)25(22(28)31-24(3,4)5,16-19-12-8-6-9-13-19)26-23(29)30-17-20-14-10-7-11-15-20/h6-15,18,21,27H,16-17H2,1-5H3,(H,26,29)/t21-,25-/m0/s1.